The second kappa shape index (κ2) is 6.22. The third-order valence-electron chi connectivity index (χ3n) is 3.94. The second-order valence-electron chi connectivity index (χ2n) is 5.62. The summed E-state index contributed by atoms with van der Waals surface area (Å²) in [6, 6.07) is 4.61. The molecule has 1 aromatic rings. The van der Waals surface area contributed by atoms with Gasteiger partial charge >= 0.3 is 0 Å². The van der Waals surface area contributed by atoms with Crippen LogP contribution in [0.4, 0.5) is 5.82 Å². The molecule has 2 aliphatic rings. The summed E-state index contributed by atoms with van der Waals surface area (Å²) in [5, 5.41) is 9.51. The number of pyridine rings is 1. The van der Waals surface area contributed by atoms with Crippen molar-refractivity contribution in [2.45, 2.75) is 38.1 Å². The number of aromatic nitrogens is 1. The van der Waals surface area contributed by atoms with Crippen molar-refractivity contribution in [2.24, 2.45) is 0 Å². The van der Waals surface area contributed by atoms with Gasteiger partial charge in [-0.1, -0.05) is 6.07 Å². The number of hydrogen-bond donors (Lipinski definition) is 3. The SMILES string of the molecule is O=C(CCCc1ccc2c(n1)NCCC2)NC1CNC1. The molecule has 1 aromatic heterocycles. The molecule has 0 aliphatic carbocycles. The third kappa shape index (κ3) is 3.28. The minimum Gasteiger partial charge on any atom is -0.370 e. The van der Waals surface area contributed by atoms with E-state index in [1.807, 2.05) is 0 Å². The molecule has 3 rings (SSSR count). The minimum atomic E-state index is 0.160. The predicted octanol–water partition coefficient (Wildman–Crippen LogP) is 0.850. The number of nitrogens with zero attached hydrogens (tertiary/aromatic N) is 1. The Morgan fingerprint density at radius 1 is 1.40 bits per heavy atom. The molecule has 3 N–H and O–H groups in total. The maximum atomic E-state index is 11.7. The molecule has 5 heteroatoms. The lowest BCUT2D eigenvalue weighted by atomic mass is 10.1. The van der Waals surface area contributed by atoms with Gasteiger partial charge in [-0.3, -0.25) is 4.79 Å². The number of amides is 1. The molecule has 2 aliphatic heterocycles. The topological polar surface area (TPSA) is 66.0 Å². The van der Waals surface area contributed by atoms with Crippen LogP contribution in [0.1, 0.15) is 30.5 Å². The molecule has 3 heterocycles. The summed E-state index contributed by atoms with van der Waals surface area (Å²) in [6.45, 7) is 2.83. The average molecular weight is 274 g/mol. The summed E-state index contributed by atoms with van der Waals surface area (Å²) in [5.41, 5.74) is 2.39. The quantitative estimate of drug-likeness (QED) is 0.745. The Morgan fingerprint density at radius 3 is 3.10 bits per heavy atom. The first-order valence-electron chi connectivity index (χ1n) is 7.54. The van der Waals surface area contributed by atoms with Crippen LogP contribution in [0, 0.1) is 0 Å². The average Bonchev–Trinajstić information content (AvgIpc) is 2.43. The molecule has 0 atom stereocenters. The first-order valence-corrected chi connectivity index (χ1v) is 7.54. The first kappa shape index (κ1) is 13.4. The summed E-state index contributed by atoms with van der Waals surface area (Å²) >= 11 is 0. The van der Waals surface area contributed by atoms with Gasteiger partial charge in [-0.25, -0.2) is 4.98 Å². The summed E-state index contributed by atoms with van der Waals surface area (Å²) in [5.74, 6) is 1.20. The summed E-state index contributed by atoms with van der Waals surface area (Å²) in [7, 11) is 0. The van der Waals surface area contributed by atoms with Crippen molar-refractivity contribution in [1.29, 1.82) is 0 Å². The molecule has 0 unspecified atom stereocenters. The van der Waals surface area contributed by atoms with Gasteiger partial charge in [0.25, 0.3) is 0 Å². The monoisotopic (exact) mass is 274 g/mol. The highest BCUT2D eigenvalue weighted by Crippen LogP contribution is 2.20. The van der Waals surface area contributed by atoms with Crippen molar-refractivity contribution in [2.75, 3.05) is 25.0 Å². The highest BCUT2D eigenvalue weighted by molar-refractivity contribution is 5.76. The number of fused-ring (bicyclic) bond motifs is 1. The van der Waals surface area contributed by atoms with Crippen LogP contribution in [-0.2, 0) is 17.6 Å². The van der Waals surface area contributed by atoms with Crippen LogP contribution in [0.15, 0.2) is 12.1 Å². The van der Waals surface area contributed by atoms with Crippen LogP contribution >= 0.6 is 0 Å². The number of carbonyl (C=O) groups excluding carboxylic acids is 1. The highest BCUT2D eigenvalue weighted by atomic mass is 16.1. The fraction of sp³-hybridized carbons (Fsp3) is 0.600. The van der Waals surface area contributed by atoms with E-state index < -0.39 is 0 Å². The van der Waals surface area contributed by atoms with Crippen LogP contribution in [0.25, 0.3) is 0 Å². The van der Waals surface area contributed by atoms with Gasteiger partial charge in [0.2, 0.25) is 5.91 Å². The fourth-order valence-corrected chi connectivity index (χ4v) is 2.63. The van der Waals surface area contributed by atoms with Gasteiger partial charge in [-0.05, 0) is 37.3 Å². The van der Waals surface area contributed by atoms with E-state index in [0.717, 1.165) is 50.4 Å². The summed E-state index contributed by atoms with van der Waals surface area (Å²) in [4.78, 5) is 16.3. The van der Waals surface area contributed by atoms with Crippen LogP contribution in [0.5, 0.6) is 0 Å². The standard InChI is InChI=1S/C15H22N4O/c20-14(18-13-9-16-10-13)5-1-4-12-7-6-11-3-2-8-17-15(11)19-12/h6-7,13,16H,1-5,8-10H2,(H,17,19)(H,18,20). The van der Waals surface area contributed by atoms with Gasteiger partial charge in [-0.2, -0.15) is 0 Å². The Morgan fingerprint density at radius 2 is 2.30 bits per heavy atom. The maximum Gasteiger partial charge on any atom is 0.220 e. The third-order valence-corrected chi connectivity index (χ3v) is 3.94. The van der Waals surface area contributed by atoms with E-state index in [1.54, 1.807) is 0 Å². The fourth-order valence-electron chi connectivity index (χ4n) is 2.63. The summed E-state index contributed by atoms with van der Waals surface area (Å²) in [6.07, 6.45) is 4.61. The van der Waals surface area contributed by atoms with E-state index in [4.69, 9.17) is 0 Å². The van der Waals surface area contributed by atoms with Gasteiger partial charge in [-0.15, -0.1) is 0 Å². The molecule has 20 heavy (non-hydrogen) atoms. The maximum absolute atomic E-state index is 11.7. The van der Waals surface area contributed by atoms with Crippen molar-refractivity contribution >= 4 is 11.7 Å². The van der Waals surface area contributed by atoms with E-state index >= 15 is 0 Å². The van der Waals surface area contributed by atoms with Crippen molar-refractivity contribution in [3.05, 3.63) is 23.4 Å². The Kier molecular flexibility index (Phi) is 4.16. The zero-order valence-corrected chi connectivity index (χ0v) is 11.7. The van der Waals surface area contributed by atoms with E-state index in [0.29, 0.717) is 12.5 Å². The van der Waals surface area contributed by atoms with Gasteiger partial charge in [0, 0.05) is 31.7 Å². The van der Waals surface area contributed by atoms with Gasteiger partial charge in [0.05, 0.1) is 6.04 Å². The normalized spacial score (nSPS) is 17.8. The Bertz CT molecular complexity index is 485. The molecule has 1 amide bonds. The number of rotatable bonds is 5. The van der Waals surface area contributed by atoms with Gasteiger partial charge in [0.15, 0.2) is 0 Å². The molecule has 0 spiro atoms. The van der Waals surface area contributed by atoms with Crippen LogP contribution in [0.3, 0.4) is 0 Å². The van der Waals surface area contributed by atoms with Crippen molar-refractivity contribution in [3.63, 3.8) is 0 Å². The molecular weight excluding hydrogens is 252 g/mol. The van der Waals surface area contributed by atoms with E-state index in [-0.39, 0.29) is 5.91 Å². The van der Waals surface area contributed by atoms with Crippen LogP contribution in [0.2, 0.25) is 0 Å². The Labute approximate surface area is 119 Å². The van der Waals surface area contributed by atoms with Crippen molar-refractivity contribution < 1.29 is 4.79 Å². The smallest absolute Gasteiger partial charge is 0.220 e. The molecule has 1 fully saturated rings. The van der Waals surface area contributed by atoms with Crippen molar-refractivity contribution in [1.82, 2.24) is 15.6 Å². The highest BCUT2D eigenvalue weighted by Gasteiger charge is 2.18. The van der Waals surface area contributed by atoms with E-state index in [9.17, 15) is 4.79 Å². The van der Waals surface area contributed by atoms with E-state index in [2.05, 4.69) is 33.1 Å². The molecule has 108 valence electrons. The molecule has 0 radical (unpaired) electrons. The second-order valence-corrected chi connectivity index (χ2v) is 5.62. The predicted molar refractivity (Wildman–Crippen MR) is 78.8 cm³/mol. The number of aryl methyl sites for hydroxylation is 2. The lowest BCUT2D eigenvalue weighted by Crippen LogP contribution is -2.56. The first-order chi connectivity index (χ1) is 9.81. The van der Waals surface area contributed by atoms with Crippen molar-refractivity contribution in [3.8, 4) is 0 Å². The lowest BCUT2D eigenvalue weighted by molar-refractivity contribution is -0.122. The van der Waals surface area contributed by atoms with Gasteiger partial charge in [0.1, 0.15) is 5.82 Å². The number of carbonyl (C=O) groups is 1. The minimum absolute atomic E-state index is 0.160. The molecule has 5 nitrogen and oxygen atoms in total. The molecule has 1 saturated heterocycles. The molecular formula is C15H22N4O. The van der Waals surface area contributed by atoms with Gasteiger partial charge < -0.3 is 16.0 Å². The molecule has 0 saturated carbocycles. The summed E-state index contributed by atoms with van der Waals surface area (Å²) < 4.78 is 0. The van der Waals surface area contributed by atoms with E-state index in [1.165, 1.54) is 12.0 Å². The Hall–Kier alpha value is -1.62. The zero-order valence-electron chi connectivity index (χ0n) is 11.7. The number of nitrogens with one attached hydrogen (secondary N) is 3. The molecule has 0 aromatic carbocycles. The molecule has 0 bridgehead atoms. The van der Waals surface area contributed by atoms with Crippen LogP contribution < -0.4 is 16.0 Å². The van der Waals surface area contributed by atoms with Crippen LogP contribution in [-0.4, -0.2) is 36.6 Å². The lowest BCUT2D eigenvalue weighted by Gasteiger charge is -2.27. The largest absolute Gasteiger partial charge is 0.370 e. The number of hydrogen-bond acceptors (Lipinski definition) is 4. The number of anilines is 1. The zero-order chi connectivity index (χ0) is 13.8. The Balaban J connectivity index is 1.44.